The number of rotatable bonds is 3. The summed E-state index contributed by atoms with van der Waals surface area (Å²) in [6.07, 6.45) is 1.91. The molecule has 0 radical (unpaired) electrons. The van der Waals surface area contributed by atoms with Gasteiger partial charge in [0.05, 0.1) is 0 Å². The minimum atomic E-state index is -0.0671. The average Bonchev–Trinajstić information content (AvgIpc) is 2.09. The minimum absolute atomic E-state index is 0. The fourth-order valence-corrected chi connectivity index (χ4v) is 1.67. The molecule has 0 aliphatic heterocycles. The highest BCUT2D eigenvalue weighted by Crippen LogP contribution is 2.28. The van der Waals surface area contributed by atoms with Crippen LogP contribution in [-0.4, -0.2) is 5.11 Å². The van der Waals surface area contributed by atoms with Crippen LogP contribution in [0.25, 0.3) is 0 Å². The molecule has 1 aromatic carbocycles. The highest BCUT2D eigenvalue weighted by atomic mass is 79.9. The molecule has 1 rings (SSSR count). The fourth-order valence-electron chi connectivity index (χ4n) is 1.29. The van der Waals surface area contributed by atoms with E-state index in [0.29, 0.717) is 0 Å². The average molecular weight is 281 g/mol. The Kier molecular flexibility index (Phi) is 6.16. The molecule has 2 nitrogen and oxygen atoms in total. The van der Waals surface area contributed by atoms with Crippen molar-refractivity contribution in [3.05, 3.63) is 28.2 Å². The van der Waals surface area contributed by atoms with Gasteiger partial charge >= 0.3 is 0 Å². The standard InChI is InChI=1S/C10H14BrNO.ClH/c1-2-3-9(12)8-6-7(11)4-5-10(8)13;/h4-6,9,13H,2-3,12H2,1H3;1H/t9-;/m1./s1. The summed E-state index contributed by atoms with van der Waals surface area (Å²) in [7, 11) is 0. The molecule has 0 aliphatic rings. The Hall–Kier alpha value is -0.250. The van der Waals surface area contributed by atoms with E-state index < -0.39 is 0 Å². The Balaban J connectivity index is 0.00000169. The van der Waals surface area contributed by atoms with Gasteiger partial charge in [-0.2, -0.15) is 0 Å². The van der Waals surface area contributed by atoms with Gasteiger partial charge in [-0.1, -0.05) is 29.3 Å². The first-order valence-corrected chi connectivity index (χ1v) is 5.18. The van der Waals surface area contributed by atoms with Gasteiger partial charge in [0.25, 0.3) is 0 Å². The Morgan fingerprint density at radius 2 is 2.14 bits per heavy atom. The number of benzene rings is 1. The summed E-state index contributed by atoms with van der Waals surface area (Å²) >= 11 is 3.35. The molecule has 4 heteroatoms. The van der Waals surface area contributed by atoms with Gasteiger partial charge in [0.1, 0.15) is 5.75 Å². The van der Waals surface area contributed by atoms with Gasteiger partial charge in [-0.05, 0) is 24.6 Å². The van der Waals surface area contributed by atoms with Crippen LogP contribution in [0.15, 0.2) is 22.7 Å². The fraction of sp³-hybridized carbons (Fsp3) is 0.400. The van der Waals surface area contributed by atoms with Gasteiger partial charge in [0, 0.05) is 16.1 Å². The monoisotopic (exact) mass is 279 g/mol. The minimum Gasteiger partial charge on any atom is -0.508 e. The van der Waals surface area contributed by atoms with E-state index in [-0.39, 0.29) is 24.2 Å². The second-order valence-corrected chi connectivity index (χ2v) is 4.01. The van der Waals surface area contributed by atoms with E-state index in [0.717, 1.165) is 22.9 Å². The molecular formula is C10H15BrClNO. The van der Waals surface area contributed by atoms with E-state index in [4.69, 9.17) is 5.73 Å². The SMILES string of the molecule is CCC[C@@H](N)c1cc(Br)ccc1O.Cl. The summed E-state index contributed by atoms with van der Waals surface area (Å²) in [5, 5.41) is 9.53. The number of aromatic hydroxyl groups is 1. The Morgan fingerprint density at radius 3 is 2.71 bits per heavy atom. The summed E-state index contributed by atoms with van der Waals surface area (Å²) < 4.78 is 0.951. The third-order valence-corrected chi connectivity index (χ3v) is 2.48. The van der Waals surface area contributed by atoms with E-state index in [2.05, 4.69) is 22.9 Å². The van der Waals surface area contributed by atoms with Crippen molar-refractivity contribution in [1.82, 2.24) is 0 Å². The second kappa shape index (κ2) is 6.27. The maximum Gasteiger partial charge on any atom is 0.120 e. The Bertz CT molecular complexity index is 293. The molecule has 3 N–H and O–H groups in total. The number of phenols is 1. The van der Waals surface area contributed by atoms with Gasteiger partial charge in [-0.3, -0.25) is 0 Å². The lowest BCUT2D eigenvalue weighted by atomic mass is 10.0. The molecule has 0 amide bonds. The first kappa shape index (κ1) is 13.8. The molecule has 0 saturated carbocycles. The molecule has 0 heterocycles. The maximum absolute atomic E-state index is 9.53. The van der Waals surface area contributed by atoms with Crippen LogP contribution in [0.3, 0.4) is 0 Å². The number of hydrogen-bond donors (Lipinski definition) is 2. The molecule has 0 saturated heterocycles. The number of phenolic OH excluding ortho intramolecular Hbond substituents is 1. The zero-order chi connectivity index (χ0) is 9.84. The van der Waals surface area contributed by atoms with Crippen molar-refractivity contribution in [2.75, 3.05) is 0 Å². The maximum atomic E-state index is 9.53. The van der Waals surface area contributed by atoms with Crippen molar-refractivity contribution in [3.63, 3.8) is 0 Å². The molecule has 80 valence electrons. The molecule has 0 unspecified atom stereocenters. The lowest BCUT2D eigenvalue weighted by Gasteiger charge is -2.12. The molecular weight excluding hydrogens is 265 g/mol. The van der Waals surface area contributed by atoms with Crippen LogP contribution in [0.2, 0.25) is 0 Å². The zero-order valence-corrected chi connectivity index (χ0v) is 10.4. The third-order valence-electron chi connectivity index (χ3n) is 1.99. The second-order valence-electron chi connectivity index (χ2n) is 3.10. The predicted octanol–water partition coefficient (Wildman–Crippen LogP) is 3.38. The van der Waals surface area contributed by atoms with E-state index in [1.807, 2.05) is 6.07 Å². The summed E-state index contributed by atoms with van der Waals surface area (Å²) in [4.78, 5) is 0. The first-order chi connectivity index (χ1) is 6.15. The third kappa shape index (κ3) is 3.48. The molecule has 1 aromatic rings. The van der Waals surface area contributed by atoms with Crippen molar-refractivity contribution < 1.29 is 5.11 Å². The highest BCUT2D eigenvalue weighted by molar-refractivity contribution is 9.10. The van der Waals surface area contributed by atoms with Crippen molar-refractivity contribution in [3.8, 4) is 5.75 Å². The molecule has 14 heavy (non-hydrogen) atoms. The normalized spacial score (nSPS) is 11.9. The van der Waals surface area contributed by atoms with Crippen molar-refractivity contribution in [1.29, 1.82) is 0 Å². The van der Waals surface area contributed by atoms with Crippen LogP contribution in [0, 0.1) is 0 Å². The van der Waals surface area contributed by atoms with E-state index in [1.54, 1.807) is 12.1 Å². The van der Waals surface area contributed by atoms with E-state index in [9.17, 15) is 5.11 Å². The van der Waals surface area contributed by atoms with E-state index in [1.165, 1.54) is 0 Å². The topological polar surface area (TPSA) is 46.2 Å². The Morgan fingerprint density at radius 1 is 1.50 bits per heavy atom. The highest BCUT2D eigenvalue weighted by Gasteiger charge is 2.09. The van der Waals surface area contributed by atoms with Crippen LogP contribution >= 0.6 is 28.3 Å². The Labute approximate surface area is 99.0 Å². The van der Waals surface area contributed by atoms with Crippen LogP contribution in [-0.2, 0) is 0 Å². The van der Waals surface area contributed by atoms with Crippen LogP contribution in [0.1, 0.15) is 31.4 Å². The summed E-state index contributed by atoms with van der Waals surface area (Å²) in [6.45, 7) is 2.08. The largest absolute Gasteiger partial charge is 0.508 e. The number of hydrogen-bond acceptors (Lipinski definition) is 2. The summed E-state index contributed by atoms with van der Waals surface area (Å²) in [5.41, 5.74) is 6.71. The van der Waals surface area contributed by atoms with E-state index >= 15 is 0 Å². The van der Waals surface area contributed by atoms with Gasteiger partial charge in [0.15, 0.2) is 0 Å². The quantitative estimate of drug-likeness (QED) is 0.891. The van der Waals surface area contributed by atoms with Crippen LogP contribution in [0.5, 0.6) is 5.75 Å². The number of halogens is 2. The van der Waals surface area contributed by atoms with Gasteiger partial charge in [-0.25, -0.2) is 0 Å². The molecule has 0 spiro atoms. The molecule has 0 bridgehead atoms. The lowest BCUT2D eigenvalue weighted by Crippen LogP contribution is -2.09. The van der Waals surface area contributed by atoms with Gasteiger partial charge in [-0.15, -0.1) is 12.4 Å². The van der Waals surface area contributed by atoms with Crippen LogP contribution < -0.4 is 5.73 Å². The van der Waals surface area contributed by atoms with Crippen LogP contribution in [0.4, 0.5) is 0 Å². The van der Waals surface area contributed by atoms with Crippen molar-refractivity contribution in [2.24, 2.45) is 5.73 Å². The number of nitrogens with two attached hydrogens (primary N) is 1. The summed E-state index contributed by atoms with van der Waals surface area (Å²) in [5.74, 6) is 0.282. The first-order valence-electron chi connectivity index (χ1n) is 4.39. The predicted molar refractivity (Wildman–Crippen MR) is 64.9 cm³/mol. The van der Waals surface area contributed by atoms with Crippen molar-refractivity contribution >= 4 is 28.3 Å². The molecule has 0 aromatic heterocycles. The molecule has 1 atom stereocenters. The van der Waals surface area contributed by atoms with Crippen molar-refractivity contribution in [2.45, 2.75) is 25.8 Å². The zero-order valence-electron chi connectivity index (χ0n) is 8.03. The van der Waals surface area contributed by atoms with Gasteiger partial charge in [0.2, 0.25) is 0 Å². The lowest BCUT2D eigenvalue weighted by molar-refractivity contribution is 0.458. The summed E-state index contributed by atoms with van der Waals surface area (Å²) in [6, 6.07) is 5.27. The smallest absolute Gasteiger partial charge is 0.120 e. The van der Waals surface area contributed by atoms with Gasteiger partial charge < -0.3 is 10.8 Å². The molecule has 0 fully saturated rings. The molecule has 0 aliphatic carbocycles.